The van der Waals surface area contributed by atoms with Crippen molar-refractivity contribution in [3.05, 3.63) is 33.9 Å². The molecule has 4 nitrogen and oxygen atoms in total. The van der Waals surface area contributed by atoms with Crippen LogP contribution in [0.4, 0.5) is 24.5 Å². The molecule has 1 aromatic carbocycles. The highest BCUT2D eigenvalue weighted by atomic mass is 32.2. The minimum atomic E-state index is -4.61. The molecule has 8 heteroatoms. The van der Waals surface area contributed by atoms with Crippen LogP contribution in [0.1, 0.15) is 18.4 Å². The third-order valence-corrected chi connectivity index (χ3v) is 4.15. The number of nitro groups is 1. The monoisotopic (exact) mass is 306 g/mol. The van der Waals surface area contributed by atoms with Crippen LogP contribution >= 0.6 is 11.8 Å². The zero-order valence-electron chi connectivity index (χ0n) is 10.4. The minimum absolute atomic E-state index is 0.0150. The minimum Gasteiger partial charge on any atom is -0.382 e. The van der Waals surface area contributed by atoms with Crippen LogP contribution in [-0.4, -0.2) is 22.5 Å². The Morgan fingerprint density at radius 2 is 1.95 bits per heavy atom. The number of alkyl halides is 3. The van der Waals surface area contributed by atoms with Gasteiger partial charge in [-0.1, -0.05) is 0 Å². The Morgan fingerprint density at radius 1 is 1.30 bits per heavy atom. The van der Waals surface area contributed by atoms with Crippen molar-refractivity contribution in [2.45, 2.75) is 25.1 Å². The number of nitro benzene ring substituents is 1. The average Bonchev–Trinajstić information content (AvgIpc) is 2.39. The van der Waals surface area contributed by atoms with Gasteiger partial charge in [-0.3, -0.25) is 10.1 Å². The van der Waals surface area contributed by atoms with Crippen LogP contribution in [0.3, 0.4) is 0 Å². The zero-order chi connectivity index (χ0) is 14.8. The number of anilines is 1. The van der Waals surface area contributed by atoms with Crippen molar-refractivity contribution < 1.29 is 18.1 Å². The first-order valence-corrected chi connectivity index (χ1v) is 7.23. The summed E-state index contributed by atoms with van der Waals surface area (Å²) < 4.78 is 38.9. The fourth-order valence-electron chi connectivity index (χ4n) is 2.07. The molecule has 0 atom stereocenters. The van der Waals surface area contributed by atoms with Crippen LogP contribution in [0.2, 0.25) is 0 Å². The highest BCUT2D eigenvalue weighted by Gasteiger charge is 2.35. The molecule has 0 bridgehead atoms. The molecule has 0 radical (unpaired) electrons. The van der Waals surface area contributed by atoms with Gasteiger partial charge in [0.15, 0.2) is 0 Å². The maximum Gasteiger partial charge on any atom is 0.418 e. The molecule has 2 rings (SSSR count). The number of benzene rings is 1. The molecule has 1 aliphatic heterocycles. The Morgan fingerprint density at radius 3 is 2.50 bits per heavy atom. The number of hydrogen-bond donors (Lipinski definition) is 1. The third kappa shape index (κ3) is 3.56. The lowest BCUT2D eigenvalue weighted by Crippen LogP contribution is -2.26. The van der Waals surface area contributed by atoms with Gasteiger partial charge >= 0.3 is 6.18 Å². The smallest absolute Gasteiger partial charge is 0.382 e. The molecule has 0 aliphatic carbocycles. The molecular formula is C12H13F3N2O2S. The van der Waals surface area contributed by atoms with Gasteiger partial charge in [0, 0.05) is 23.9 Å². The number of hydrogen-bond acceptors (Lipinski definition) is 4. The first-order chi connectivity index (χ1) is 9.38. The van der Waals surface area contributed by atoms with Gasteiger partial charge in [0.05, 0.1) is 10.5 Å². The molecule has 110 valence electrons. The Kier molecular flexibility index (Phi) is 4.42. The molecule has 0 spiro atoms. The van der Waals surface area contributed by atoms with Crippen molar-refractivity contribution in [1.82, 2.24) is 0 Å². The van der Waals surface area contributed by atoms with Gasteiger partial charge in [-0.2, -0.15) is 24.9 Å². The average molecular weight is 306 g/mol. The first kappa shape index (κ1) is 15.0. The Bertz CT molecular complexity index is 502. The molecular weight excluding hydrogens is 293 g/mol. The number of non-ortho nitro benzene ring substituents is 1. The van der Waals surface area contributed by atoms with E-state index in [0.717, 1.165) is 36.5 Å². The quantitative estimate of drug-likeness (QED) is 0.679. The lowest BCUT2D eigenvalue weighted by molar-refractivity contribution is -0.385. The second-order valence-corrected chi connectivity index (χ2v) is 5.74. The summed E-state index contributed by atoms with van der Waals surface area (Å²) in [6, 6.07) is 2.80. The van der Waals surface area contributed by atoms with Gasteiger partial charge in [-0.15, -0.1) is 0 Å². The first-order valence-electron chi connectivity index (χ1n) is 6.08. The van der Waals surface area contributed by atoms with Gasteiger partial charge in [-0.25, -0.2) is 0 Å². The molecule has 1 aromatic rings. The van der Waals surface area contributed by atoms with Gasteiger partial charge in [0.25, 0.3) is 5.69 Å². The van der Waals surface area contributed by atoms with E-state index in [-0.39, 0.29) is 11.7 Å². The van der Waals surface area contributed by atoms with Crippen LogP contribution in [0.25, 0.3) is 0 Å². The van der Waals surface area contributed by atoms with E-state index in [1.807, 2.05) is 0 Å². The predicted molar refractivity (Wildman–Crippen MR) is 72.1 cm³/mol. The lowest BCUT2D eigenvalue weighted by Gasteiger charge is -2.25. The van der Waals surface area contributed by atoms with Gasteiger partial charge in [0.2, 0.25) is 0 Å². The maximum absolute atomic E-state index is 13.0. The molecule has 1 aliphatic rings. The fourth-order valence-corrected chi connectivity index (χ4v) is 3.17. The van der Waals surface area contributed by atoms with E-state index in [9.17, 15) is 23.3 Å². The Labute approximate surface area is 117 Å². The summed E-state index contributed by atoms with van der Waals surface area (Å²) in [4.78, 5) is 9.77. The van der Waals surface area contributed by atoms with Gasteiger partial charge in [-0.05, 0) is 30.4 Å². The molecule has 1 N–H and O–H groups in total. The lowest BCUT2D eigenvalue weighted by atomic mass is 10.1. The van der Waals surface area contributed by atoms with Crippen molar-refractivity contribution in [2.24, 2.45) is 0 Å². The van der Waals surface area contributed by atoms with Crippen molar-refractivity contribution in [1.29, 1.82) is 0 Å². The summed E-state index contributed by atoms with van der Waals surface area (Å²) in [7, 11) is 0. The van der Waals surface area contributed by atoms with Crippen molar-refractivity contribution in [2.75, 3.05) is 16.8 Å². The molecule has 1 saturated heterocycles. The van der Waals surface area contributed by atoms with E-state index in [1.54, 1.807) is 11.8 Å². The van der Waals surface area contributed by atoms with E-state index in [0.29, 0.717) is 6.07 Å². The molecule has 0 unspecified atom stereocenters. The van der Waals surface area contributed by atoms with Crippen molar-refractivity contribution in [3.8, 4) is 0 Å². The highest BCUT2D eigenvalue weighted by Crippen LogP contribution is 2.38. The van der Waals surface area contributed by atoms with E-state index in [1.165, 1.54) is 0 Å². The normalized spacial score (nSPS) is 16.9. The molecule has 0 amide bonds. The summed E-state index contributed by atoms with van der Waals surface area (Å²) in [5.41, 5.74) is -1.62. The van der Waals surface area contributed by atoms with E-state index >= 15 is 0 Å². The van der Waals surface area contributed by atoms with Crippen LogP contribution in [-0.2, 0) is 6.18 Å². The second-order valence-electron chi connectivity index (χ2n) is 4.52. The van der Waals surface area contributed by atoms with Crippen LogP contribution in [0.5, 0.6) is 0 Å². The van der Waals surface area contributed by atoms with Gasteiger partial charge in [0.1, 0.15) is 0 Å². The molecule has 20 heavy (non-hydrogen) atoms. The summed E-state index contributed by atoms with van der Waals surface area (Å²) in [6.45, 7) is 0. The van der Waals surface area contributed by atoms with Crippen molar-refractivity contribution >= 4 is 23.1 Å². The highest BCUT2D eigenvalue weighted by molar-refractivity contribution is 7.99. The Balaban J connectivity index is 2.28. The molecule has 0 saturated carbocycles. The zero-order valence-corrected chi connectivity index (χ0v) is 11.3. The number of thioether (sulfide) groups is 1. The largest absolute Gasteiger partial charge is 0.418 e. The fraction of sp³-hybridized carbons (Fsp3) is 0.500. The van der Waals surface area contributed by atoms with Crippen molar-refractivity contribution in [3.63, 3.8) is 0 Å². The van der Waals surface area contributed by atoms with Crippen LogP contribution in [0.15, 0.2) is 18.2 Å². The Hall–Kier alpha value is -1.44. The number of rotatable bonds is 3. The van der Waals surface area contributed by atoms with Crippen LogP contribution < -0.4 is 5.32 Å². The van der Waals surface area contributed by atoms with Gasteiger partial charge < -0.3 is 5.32 Å². The number of nitrogens with zero attached hydrogens (tertiary/aromatic N) is 1. The van der Waals surface area contributed by atoms with E-state index in [2.05, 4.69) is 5.32 Å². The summed E-state index contributed by atoms with van der Waals surface area (Å²) in [6.07, 6.45) is -3.03. The third-order valence-electron chi connectivity index (χ3n) is 3.10. The maximum atomic E-state index is 13.0. The predicted octanol–water partition coefficient (Wildman–Crippen LogP) is 3.92. The number of nitrogens with one attached hydrogen (secondary N) is 1. The topological polar surface area (TPSA) is 55.2 Å². The molecule has 0 aromatic heterocycles. The second kappa shape index (κ2) is 5.90. The van der Waals surface area contributed by atoms with Crippen LogP contribution in [0, 0.1) is 10.1 Å². The summed E-state index contributed by atoms with van der Waals surface area (Å²) in [5.74, 6) is 1.82. The summed E-state index contributed by atoms with van der Waals surface area (Å²) >= 11 is 1.77. The van der Waals surface area contributed by atoms with E-state index in [4.69, 9.17) is 0 Å². The standard InChI is InChI=1S/C12H13F3N2O2S/c13-12(14,15)10-7-9(17(18)19)1-2-11(10)16-8-3-5-20-6-4-8/h1-2,7-8,16H,3-6H2. The summed E-state index contributed by atoms with van der Waals surface area (Å²) in [5, 5.41) is 13.5. The van der Waals surface area contributed by atoms with E-state index < -0.39 is 22.4 Å². The SMILES string of the molecule is O=[N+]([O-])c1ccc(NC2CCSCC2)c(C(F)(F)F)c1. The molecule has 1 heterocycles. The molecule has 1 fully saturated rings. The number of halogens is 3.